The quantitative estimate of drug-likeness (QED) is 0.682. The molecule has 0 bridgehead atoms. The number of rotatable bonds is 2. The van der Waals surface area contributed by atoms with Crippen LogP contribution in [0.1, 0.15) is 13.3 Å². The molecule has 0 saturated carbocycles. The molecular formula is C17H22N4O5S. The summed E-state index contributed by atoms with van der Waals surface area (Å²) in [7, 11) is -0.930. The van der Waals surface area contributed by atoms with Crippen LogP contribution in [0.2, 0.25) is 0 Å². The van der Waals surface area contributed by atoms with Gasteiger partial charge in [-0.25, -0.2) is 13.2 Å². The Kier molecular flexibility index (Phi) is 4.96. The van der Waals surface area contributed by atoms with Crippen LogP contribution in [-0.4, -0.2) is 58.8 Å². The molecular weight excluding hydrogens is 372 g/mol. The molecule has 27 heavy (non-hydrogen) atoms. The van der Waals surface area contributed by atoms with Crippen molar-refractivity contribution in [2.75, 3.05) is 26.2 Å². The second-order valence-corrected chi connectivity index (χ2v) is 8.59. The lowest BCUT2D eigenvalue weighted by atomic mass is 10.2. The minimum atomic E-state index is -3.82. The van der Waals surface area contributed by atoms with Gasteiger partial charge in [0, 0.05) is 47.2 Å². The van der Waals surface area contributed by atoms with Gasteiger partial charge in [-0.2, -0.15) is 4.31 Å². The fourth-order valence-electron chi connectivity index (χ4n) is 3.33. The van der Waals surface area contributed by atoms with E-state index in [1.165, 1.54) is 48.1 Å². The van der Waals surface area contributed by atoms with Crippen molar-refractivity contribution in [2.45, 2.75) is 18.2 Å². The van der Waals surface area contributed by atoms with E-state index in [-0.39, 0.29) is 22.7 Å². The number of aryl methyl sites for hydroxylation is 1. The second kappa shape index (κ2) is 6.93. The summed E-state index contributed by atoms with van der Waals surface area (Å²) in [6.07, 6.45) is 0.544. The lowest BCUT2D eigenvalue weighted by Gasteiger charge is -2.21. The van der Waals surface area contributed by atoms with E-state index in [1.54, 1.807) is 4.90 Å². The zero-order valence-corrected chi connectivity index (χ0v) is 16.3. The molecule has 0 spiro atoms. The van der Waals surface area contributed by atoms with Crippen molar-refractivity contribution in [3.05, 3.63) is 39.0 Å². The minimum absolute atomic E-state index is 0.00187. The number of benzene rings is 1. The largest absolute Gasteiger partial charge is 0.342 e. The molecule has 1 saturated heterocycles. The molecule has 2 aromatic rings. The first-order valence-corrected chi connectivity index (χ1v) is 10.0. The molecule has 9 nitrogen and oxygen atoms in total. The predicted octanol–water partition coefficient (Wildman–Crippen LogP) is -0.520. The van der Waals surface area contributed by atoms with Crippen LogP contribution in [0.4, 0.5) is 0 Å². The van der Waals surface area contributed by atoms with Gasteiger partial charge in [-0.05, 0) is 24.6 Å². The predicted molar refractivity (Wildman–Crippen MR) is 100 cm³/mol. The smallest absolute Gasteiger partial charge is 0.330 e. The van der Waals surface area contributed by atoms with Gasteiger partial charge in [0.25, 0.3) is 5.56 Å². The highest BCUT2D eigenvalue weighted by Crippen LogP contribution is 2.21. The van der Waals surface area contributed by atoms with Crippen molar-refractivity contribution in [3.8, 4) is 0 Å². The van der Waals surface area contributed by atoms with Crippen molar-refractivity contribution in [3.63, 3.8) is 0 Å². The third-order valence-electron chi connectivity index (χ3n) is 4.98. The first kappa shape index (κ1) is 19.3. The van der Waals surface area contributed by atoms with Crippen LogP contribution < -0.4 is 11.2 Å². The van der Waals surface area contributed by atoms with Gasteiger partial charge < -0.3 is 4.90 Å². The molecule has 1 aliphatic heterocycles. The van der Waals surface area contributed by atoms with Crippen LogP contribution in [0, 0.1) is 0 Å². The van der Waals surface area contributed by atoms with Crippen molar-refractivity contribution in [2.24, 2.45) is 14.1 Å². The van der Waals surface area contributed by atoms with E-state index in [4.69, 9.17) is 0 Å². The summed E-state index contributed by atoms with van der Waals surface area (Å²) in [6.45, 7) is 2.81. The van der Waals surface area contributed by atoms with E-state index >= 15 is 0 Å². The lowest BCUT2D eigenvalue weighted by molar-refractivity contribution is -0.128. The molecule has 1 aromatic carbocycles. The maximum Gasteiger partial charge on any atom is 0.330 e. The number of carbonyl (C=O) groups excluding carboxylic acids is 1. The molecule has 1 amide bonds. The Labute approximate surface area is 156 Å². The molecule has 10 heteroatoms. The van der Waals surface area contributed by atoms with Crippen LogP contribution in [0.15, 0.2) is 32.7 Å². The Morgan fingerprint density at radius 3 is 2.37 bits per heavy atom. The first-order chi connectivity index (χ1) is 12.6. The Balaban J connectivity index is 2.05. The summed E-state index contributed by atoms with van der Waals surface area (Å²) >= 11 is 0. The number of aromatic nitrogens is 2. The van der Waals surface area contributed by atoms with Crippen LogP contribution in [0.3, 0.4) is 0 Å². The molecule has 1 aliphatic rings. The van der Waals surface area contributed by atoms with Gasteiger partial charge in [-0.1, -0.05) is 0 Å². The van der Waals surface area contributed by atoms with Crippen LogP contribution in [-0.2, 0) is 28.9 Å². The zero-order valence-electron chi connectivity index (χ0n) is 15.5. The van der Waals surface area contributed by atoms with Gasteiger partial charge >= 0.3 is 5.69 Å². The monoisotopic (exact) mass is 394 g/mol. The number of amides is 1. The van der Waals surface area contributed by atoms with Crippen molar-refractivity contribution in [1.29, 1.82) is 0 Å². The highest BCUT2D eigenvalue weighted by Gasteiger charge is 2.28. The molecule has 2 heterocycles. The second-order valence-electron chi connectivity index (χ2n) is 6.65. The van der Waals surface area contributed by atoms with Crippen LogP contribution in [0.5, 0.6) is 0 Å². The molecule has 0 aliphatic carbocycles. The SMILES string of the molecule is CC(=O)N1CCCN(S(=O)(=O)c2ccc3c(c2)c(=O)n(C)c(=O)n3C)CC1. The molecule has 0 unspecified atom stereocenters. The van der Waals surface area contributed by atoms with Crippen LogP contribution >= 0.6 is 0 Å². The number of hydrogen-bond donors (Lipinski definition) is 0. The van der Waals surface area contributed by atoms with Crippen molar-refractivity contribution in [1.82, 2.24) is 18.3 Å². The Hall–Kier alpha value is -2.46. The van der Waals surface area contributed by atoms with E-state index in [2.05, 4.69) is 0 Å². The van der Waals surface area contributed by atoms with E-state index in [9.17, 15) is 22.8 Å². The van der Waals surface area contributed by atoms with Gasteiger partial charge in [-0.15, -0.1) is 0 Å². The summed E-state index contributed by atoms with van der Waals surface area (Å²) < 4.78 is 29.7. The fourth-order valence-corrected chi connectivity index (χ4v) is 4.83. The number of hydrogen-bond acceptors (Lipinski definition) is 5. The van der Waals surface area contributed by atoms with Crippen molar-refractivity contribution < 1.29 is 13.2 Å². The normalized spacial score (nSPS) is 16.5. The minimum Gasteiger partial charge on any atom is -0.342 e. The van der Waals surface area contributed by atoms with E-state index in [0.717, 1.165) is 4.57 Å². The highest BCUT2D eigenvalue weighted by atomic mass is 32.2. The average molecular weight is 394 g/mol. The molecule has 1 aromatic heterocycles. The topological polar surface area (TPSA) is 102 Å². The van der Waals surface area contributed by atoms with E-state index < -0.39 is 21.3 Å². The zero-order chi connectivity index (χ0) is 19.9. The van der Waals surface area contributed by atoms with Gasteiger partial charge in [0.15, 0.2) is 0 Å². The number of carbonyl (C=O) groups is 1. The lowest BCUT2D eigenvalue weighted by Crippen LogP contribution is -2.38. The third-order valence-corrected chi connectivity index (χ3v) is 6.87. The van der Waals surface area contributed by atoms with Gasteiger partial charge in [0.2, 0.25) is 15.9 Å². The van der Waals surface area contributed by atoms with E-state index in [1.807, 2.05) is 0 Å². The maximum atomic E-state index is 13.1. The van der Waals surface area contributed by atoms with Gasteiger partial charge in [0.05, 0.1) is 15.8 Å². The summed E-state index contributed by atoms with van der Waals surface area (Å²) in [6, 6.07) is 4.20. The molecule has 1 fully saturated rings. The highest BCUT2D eigenvalue weighted by molar-refractivity contribution is 7.89. The average Bonchev–Trinajstić information content (AvgIpc) is 2.91. The summed E-state index contributed by atoms with van der Waals surface area (Å²) in [5, 5.41) is 0.167. The Morgan fingerprint density at radius 2 is 1.70 bits per heavy atom. The van der Waals surface area contributed by atoms with Crippen molar-refractivity contribution >= 4 is 26.8 Å². The molecule has 0 radical (unpaired) electrons. The summed E-state index contributed by atoms with van der Waals surface area (Å²) in [5.74, 6) is -0.0793. The number of nitrogens with zero attached hydrogens (tertiary/aromatic N) is 4. The first-order valence-electron chi connectivity index (χ1n) is 8.60. The third kappa shape index (κ3) is 3.30. The maximum absolute atomic E-state index is 13.1. The summed E-state index contributed by atoms with van der Waals surface area (Å²) in [4.78, 5) is 37.6. The fraction of sp³-hybridized carbons (Fsp3) is 0.471. The molecule has 146 valence electrons. The van der Waals surface area contributed by atoms with Gasteiger partial charge in [-0.3, -0.25) is 18.7 Å². The van der Waals surface area contributed by atoms with Crippen LogP contribution in [0.25, 0.3) is 10.9 Å². The number of fused-ring (bicyclic) bond motifs is 1. The van der Waals surface area contributed by atoms with Gasteiger partial charge in [0.1, 0.15) is 0 Å². The molecule has 0 atom stereocenters. The standard InChI is InChI=1S/C17H22N4O5S/c1-12(22)20-7-4-8-21(10-9-20)27(25,26)13-5-6-15-14(11-13)16(23)19(3)17(24)18(15)2/h5-6,11H,4,7-10H2,1-3H3. The Bertz CT molecular complexity index is 1130. The number of sulfonamides is 1. The Morgan fingerprint density at radius 1 is 1.00 bits per heavy atom. The molecule has 3 rings (SSSR count). The van der Waals surface area contributed by atoms with E-state index in [0.29, 0.717) is 31.6 Å². The molecule has 0 N–H and O–H groups in total. The summed E-state index contributed by atoms with van der Waals surface area (Å²) in [5.41, 5.74) is -0.635.